The Hall–Kier alpha value is -1.58. The van der Waals surface area contributed by atoms with E-state index in [9.17, 15) is 0 Å². The second-order valence-corrected chi connectivity index (χ2v) is 3.95. The molecule has 0 aliphatic rings. The minimum Gasteiger partial charge on any atom is -0.454 e. The second kappa shape index (κ2) is 5.66. The molecule has 0 aliphatic carbocycles. The van der Waals surface area contributed by atoms with Crippen molar-refractivity contribution in [3.63, 3.8) is 0 Å². The third-order valence-corrected chi connectivity index (χ3v) is 2.61. The van der Waals surface area contributed by atoms with Crippen molar-refractivity contribution < 1.29 is 4.74 Å². The van der Waals surface area contributed by atoms with Crippen LogP contribution in [0.15, 0.2) is 42.7 Å². The molecule has 0 atom stereocenters. The first kappa shape index (κ1) is 11.9. The van der Waals surface area contributed by atoms with Gasteiger partial charge in [0.25, 0.3) is 0 Å². The minimum atomic E-state index is 0.590. The van der Waals surface area contributed by atoms with Crippen LogP contribution in [0.3, 0.4) is 0 Å². The predicted octanol–water partition coefficient (Wildman–Crippen LogP) is 3.25. The van der Waals surface area contributed by atoms with E-state index >= 15 is 0 Å². The van der Waals surface area contributed by atoms with Gasteiger partial charge in [-0.1, -0.05) is 23.7 Å². The zero-order chi connectivity index (χ0) is 12.1. The van der Waals surface area contributed by atoms with Gasteiger partial charge in [-0.2, -0.15) is 0 Å². The summed E-state index contributed by atoms with van der Waals surface area (Å²) in [5.74, 6) is 1.36. The van der Waals surface area contributed by atoms with Crippen LogP contribution < -0.4 is 10.1 Å². The van der Waals surface area contributed by atoms with Crippen LogP contribution in [0.25, 0.3) is 0 Å². The van der Waals surface area contributed by atoms with Gasteiger partial charge in [0.15, 0.2) is 0 Å². The lowest BCUT2D eigenvalue weighted by Gasteiger charge is -2.11. The average Bonchev–Trinajstić information content (AvgIpc) is 2.35. The van der Waals surface area contributed by atoms with E-state index < -0.39 is 0 Å². The highest BCUT2D eigenvalue weighted by molar-refractivity contribution is 6.32. The van der Waals surface area contributed by atoms with Gasteiger partial charge >= 0.3 is 0 Å². The van der Waals surface area contributed by atoms with Gasteiger partial charge in [0, 0.05) is 18.3 Å². The van der Waals surface area contributed by atoms with Crippen molar-refractivity contribution in [3.8, 4) is 11.5 Å². The molecule has 88 valence electrons. The predicted molar refractivity (Wildman–Crippen MR) is 68.5 cm³/mol. The summed E-state index contributed by atoms with van der Waals surface area (Å²) in [6.45, 7) is 0.725. The van der Waals surface area contributed by atoms with E-state index in [1.54, 1.807) is 18.5 Å². The second-order valence-electron chi connectivity index (χ2n) is 3.55. The van der Waals surface area contributed by atoms with Gasteiger partial charge in [0.2, 0.25) is 0 Å². The third kappa shape index (κ3) is 2.96. The fourth-order valence-electron chi connectivity index (χ4n) is 1.48. The fourth-order valence-corrected chi connectivity index (χ4v) is 1.66. The summed E-state index contributed by atoms with van der Waals surface area (Å²) in [6, 6.07) is 9.30. The summed E-state index contributed by atoms with van der Waals surface area (Å²) in [5.41, 5.74) is 1.04. The van der Waals surface area contributed by atoms with E-state index in [2.05, 4.69) is 10.3 Å². The molecule has 2 rings (SSSR count). The largest absolute Gasteiger partial charge is 0.454 e. The highest BCUT2D eigenvalue weighted by Gasteiger charge is 2.06. The first-order valence-corrected chi connectivity index (χ1v) is 5.69. The molecule has 0 radical (unpaired) electrons. The van der Waals surface area contributed by atoms with Gasteiger partial charge in [-0.3, -0.25) is 4.98 Å². The number of pyridine rings is 1. The lowest BCUT2D eigenvalue weighted by molar-refractivity contribution is 0.472. The number of rotatable bonds is 4. The number of hydrogen-bond donors (Lipinski definition) is 1. The smallest absolute Gasteiger partial charge is 0.150 e. The lowest BCUT2D eigenvalue weighted by Crippen LogP contribution is -2.06. The molecular formula is C13H13ClN2O. The minimum absolute atomic E-state index is 0.590. The van der Waals surface area contributed by atoms with Crippen LogP contribution in [0.2, 0.25) is 5.02 Å². The van der Waals surface area contributed by atoms with Crippen molar-refractivity contribution in [1.82, 2.24) is 10.3 Å². The molecule has 1 aromatic carbocycles. The Bertz CT molecular complexity index is 502. The van der Waals surface area contributed by atoms with E-state index in [0.717, 1.165) is 17.9 Å². The summed E-state index contributed by atoms with van der Waals surface area (Å²) in [5, 5.41) is 3.67. The monoisotopic (exact) mass is 248 g/mol. The Morgan fingerprint density at radius 3 is 2.82 bits per heavy atom. The van der Waals surface area contributed by atoms with Gasteiger partial charge in [0.1, 0.15) is 11.5 Å². The molecule has 3 nitrogen and oxygen atoms in total. The van der Waals surface area contributed by atoms with E-state index in [-0.39, 0.29) is 0 Å². The van der Waals surface area contributed by atoms with Gasteiger partial charge in [-0.05, 0) is 25.2 Å². The standard InChI is InChI=1S/C13H13ClN2O/c1-15-8-10-6-7-16-9-13(10)17-12-5-3-2-4-11(12)14/h2-7,9,15H,8H2,1H3. The Labute approximate surface area is 105 Å². The number of hydrogen-bond acceptors (Lipinski definition) is 3. The summed E-state index contributed by atoms with van der Waals surface area (Å²) in [6.07, 6.45) is 3.43. The Balaban J connectivity index is 2.27. The first-order valence-electron chi connectivity index (χ1n) is 5.31. The quantitative estimate of drug-likeness (QED) is 0.902. The molecule has 1 N–H and O–H groups in total. The van der Waals surface area contributed by atoms with Crippen LogP contribution in [0.4, 0.5) is 0 Å². The molecule has 0 saturated heterocycles. The molecule has 0 amide bonds. The molecule has 0 bridgehead atoms. The maximum absolute atomic E-state index is 6.04. The molecule has 1 aromatic heterocycles. The van der Waals surface area contributed by atoms with Crippen LogP contribution in [0.1, 0.15) is 5.56 Å². The lowest BCUT2D eigenvalue weighted by atomic mass is 10.2. The SMILES string of the molecule is CNCc1ccncc1Oc1ccccc1Cl. The maximum atomic E-state index is 6.04. The van der Waals surface area contributed by atoms with Crippen LogP contribution >= 0.6 is 11.6 Å². The molecule has 0 spiro atoms. The Kier molecular flexibility index (Phi) is 3.96. The maximum Gasteiger partial charge on any atom is 0.150 e. The third-order valence-electron chi connectivity index (χ3n) is 2.29. The van der Waals surface area contributed by atoms with Crippen molar-refractivity contribution in [1.29, 1.82) is 0 Å². The average molecular weight is 249 g/mol. The van der Waals surface area contributed by atoms with Crippen molar-refractivity contribution in [2.75, 3.05) is 7.05 Å². The Morgan fingerprint density at radius 1 is 1.24 bits per heavy atom. The molecule has 2 aromatic rings. The summed E-state index contributed by atoms with van der Waals surface area (Å²) in [4.78, 5) is 4.06. The van der Waals surface area contributed by atoms with Crippen LogP contribution in [-0.4, -0.2) is 12.0 Å². The number of ether oxygens (including phenoxy) is 1. The zero-order valence-corrected chi connectivity index (χ0v) is 10.2. The first-order chi connectivity index (χ1) is 8.31. The van der Waals surface area contributed by atoms with E-state index in [1.807, 2.05) is 31.3 Å². The van der Waals surface area contributed by atoms with Gasteiger partial charge in [-0.15, -0.1) is 0 Å². The molecular weight excluding hydrogens is 236 g/mol. The van der Waals surface area contributed by atoms with E-state index in [0.29, 0.717) is 10.8 Å². The molecule has 17 heavy (non-hydrogen) atoms. The zero-order valence-electron chi connectivity index (χ0n) is 9.48. The van der Waals surface area contributed by atoms with Crippen LogP contribution in [0.5, 0.6) is 11.5 Å². The van der Waals surface area contributed by atoms with Crippen LogP contribution in [0, 0.1) is 0 Å². The number of nitrogens with zero attached hydrogens (tertiary/aromatic N) is 1. The highest BCUT2D eigenvalue weighted by atomic mass is 35.5. The normalized spacial score (nSPS) is 10.2. The molecule has 0 fully saturated rings. The molecule has 4 heteroatoms. The molecule has 0 unspecified atom stereocenters. The highest BCUT2D eigenvalue weighted by Crippen LogP contribution is 2.30. The van der Waals surface area contributed by atoms with Crippen molar-refractivity contribution in [2.45, 2.75) is 6.54 Å². The van der Waals surface area contributed by atoms with Crippen LogP contribution in [-0.2, 0) is 6.54 Å². The molecule has 0 aliphatic heterocycles. The summed E-state index contributed by atoms with van der Waals surface area (Å²) < 4.78 is 5.76. The van der Waals surface area contributed by atoms with Gasteiger partial charge < -0.3 is 10.1 Å². The number of aromatic nitrogens is 1. The van der Waals surface area contributed by atoms with Crippen molar-refractivity contribution in [3.05, 3.63) is 53.3 Å². The molecule has 1 heterocycles. The number of nitrogens with one attached hydrogen (secondary N) is 1. The fraction of sp³-hybridized carbons (Fsp3) is 0.154. The summed E-state index contributed by atoms with van der Waals surface area (Å²) in [7, 11) is 1.89. The summed E-state index contributed by atoms with van der Waals surface area (Å²) >= 11 is 6.04. The topological polar surface area (TPSA) is 34.2 Å². The van der Waals surface area contributed by atoms with Crippen molar-refractivity contribution in [2.24, 2.45) is 0 Å². The number of benzene rings is 1. The van der Waals surface area contributed by atoms with E-state index in [4.69, 9.17) is 16.3 Å². The molecule has 0 saturated carbocycles. The van der Waals surface area contributed by atoms with Gasteiger partial charge in [0.05, 0.1) is 11.2 Å². The van der Waals surface area contributed by atoms with Crippen molar-refractivity contribution >= 4 is 11.6 Å². The Morgan fingerprint density at radius 2 is 2.06 bits per heavy atom. The van der Waals surface area contributed by atoms with E-state index in [1.165, 1.54) is 0 Å². The van der Waals surface area contributed by atoms with Gasteiger partial charge in [-0.25, -0.2) is 0 Å². The number of para-hydroxylation sites is 1. The number of halogens is 1.